The van der Waals surface area contributed by atoms with Crippen molar-refractivity contribution in [1.82, 2.24) is 0 Å². The number of ether oxygens (including phenoxy) is 2. The predicted molar refractivity (Wildman–Crippen MR) is 143 cm³/mol. The van der Waals surface area contributed by atoms with E-state index >= 15 is 4.39 Å². The van der Waals surface area contributed by atoms with Crippen molar-refractivity contribution >= 4 is 5.97 Å². The van der Waals surface area contributed by atoms with Crippen LogP contribution in [-0.4, -0.2) is 12.6 Å². The molecule has 0 bridgehead atoms. The number of carbonyl (C=O) groups excluding carboxylic acids is 1. The number of hydrogen-bond donors (Lipinski definition) is 0. The van der Waals surface area contributed by atoms with E-state index in [4.69, 9.17) is 9.47 Å². The highest BCUT2D eigenvalue weighted by molar-refractivity contribution is 5.75. The molecular formula is C32H34F4O3. The minimum Gasteiger partial charge on any atom is -0.490 e. The van der Waals surface area contributed by atoms with Gasteiger partial charge in [0.05, 0.1) is 12.5 Å². The Morgan fingerprint density at radius 2 is 1.44 bits per heavy atom. The van der Waals surface area contributed by atoms with Crippen LogP contribution in [0, 0.1) is 36.1 Å². The van der Waals surface area contributed by atoms with Crippen molar-refractivity contribution in [2.45, 2.75) is 71.1 Å². The van der Waals surface area contributed by atoms with Crippen LogP contribution >= 0.6 is 0 Å². The van der Waals surface area contributed by atoms with Crippen LogP contribution < -0.4 is 9.47 Å². The lowest BCUT2D eigenvalue weighted by Crippen LogP contribution is -2.26. The molecule has 0 amide bonds. The number of rotatable bonds is 10. The normalized spacial score (nSPS) is 17.2. The Morgan fingerprint density at radius 3 is 2.13 bits per heavy atom. The standard InChI is InChI=1S/C32H34F4O3/c1-3-4-5-6-19-38-26-17-18-27(31(36)30(26)35)39-32(37)23-13-11-22(12-14-23)25-16-15-24(28(33)29(25)34)21-9-7-20(2)8-10-21/h7-10,15-18,22-23H,3-6,11-14,19H2,1-2H3. The second-order valence-corrected chi connectivity index (χ2v) is 10.3. The highest BCUT2D eigenvalue weighted by Crippen LogP contribution is 2.40. The van der Waals surface area contributed by atoms with Crippen LogP contribution in [0.3, 0.4) is 0 Å². The van der Waals surface area contributed by atoms with Gasteiger partial charge in [-0.25, -0.2) is 8.78 Å². The Labute approximate surface area is 227 Å². The van der Waals surface area contributed by atoms with Crippen molar-refractivity contribution in [2.24, 2.45) is 5.92 Å². The minimum absolute atomic E-state index is 0.204. The lowest BCUT2D eigenvalue weighted by atomic mass is 9.78. The van der Waals surface area contributed by atoms with Gasteiger partial charge in [-0.3, -0.25) is 4.79 Å². The van der Waals surface area contributed by atoms with E-state index in [-0.39, 0.29) is 29.4 Å². The van der Waals surface area contributed by atoms with Gasteiger partial charge in [0.1, 0.15) is 0 Å². The summed E-state index contributed by atoms with van der Waals surface area (Å²) in [5.41, 5.74) is 2.12. The number of benzene rings is 3. The summed E-state index contributed by atoms with van der Waals surface area (Å²) in [6.07, 6.45) is 5.41. The molecule has 0 heterocycles. The summed E-state index contributed by atoms with van der Waals surface area (Å²) >= 11 is 0. The zero-order valence-electron chi connectivity index (χ0n) is 22.4. The third-order valence-electron chi connectivity index (χ3n) is 7.45. The first kappa shape index (κ1) is 28.7. The van der Waals surface area contributed by atoms with Gasteiger partial charge in [0.15, 0.2) is 23.1 Å². The molecule has 1 fully saturated rings. The number of hydrogen-bond acceptors (Lipinski definition) is 3. The molecule has 0 N–H and O–H groups in total. The van der Waals surface area contributed by atoms with E-state index in [1.165, 1.54) is 12.1 Å². The molecule has 7 heteroatoms. The molecule has 0 spiro atoms. The Bertz CT molecular complexity index is 1280. The fourth-order valence-corrected chi connectivity index (χ4v) is 5.08. The number of carbonyl (C=O) groups is 1. The fourth-order valence-electron chi connectivity index (χ4n) is 5.08. The molecule has 39 heavy (non-hydrogen) atoms. The Kier molecular flexibility index (Phi) is 9.65. The van der Waals surface area contributed by atoms with Crippen LogP contribution in [0.4, 0.5) is 17.6 Å². The third kappa shape index (κ3) is 6.81. The summed E-state index contributed by atoms with van der Waals surface area (Å²) in [6, 6.07) is 12.9. The molecule has 0 saturated heterocycles. The number of halogens is 4. The molecule has 3 nitrogen and oxygen atoms in total. The van der Waals surface area contributed by atoms with Gasteiger partial charge in [0.25, 0.3) is 0 Å². The minimum atomic E-state index is -1.27. The predicted octanol–water partition coefficient (Wildman–Crippen LogP) is 9.06. The summed E-state index contributed by atoms with van der Waals surface area (Å²) in [5, 5.41) is 0. The number of unbranched alkanes of at least 4 members (excludes halogenated alkanes) is 3. The van der Waals surface area contributed by atoms with E-state index in [1.807, 2.05) is 19.1 Å². The van der Waals surface area contributed by atoms with Gasteiger partial charge in [-0.05, 0) is 68.2 Å². The van der Waals surface area contributed by atoms with Gasteiger partial charge in [-0.1, -0.05) is 68.1 Å². The smallest absolute Gasteiger partial charge is 0.314 e. The molecule has 208 valence electrons. The summed E-state index contributed by atoms with van der Waals surface area (Å²) in [6.45, 7) is 4.28. The van der Waals surface area contributed by atoms with Crippen molar-refractivity contribution in [3.05, 3.63) is 82.9 Å². The summed E-state index contributed by atoms with van der Waals surface area (Å²) in [4.78, 5) is 12.7. The lowest BCUT2D eigenvalue weighted by Gasteiger charge is -2.28. The van der Waals surface area contributed by atoms with Crippen LogP contribution in [-0.2, 0) is 4.79 Å². The van der Waals surface area contributed by atoms with Crippen molar-refractivity contribution in [1.29, 1.82) is 0 Å². The number of aryl methyl sites for hydroxylation is 1. The monoisotopic (exact) mass is 542 g/mol. The summed E-state index contributed by atoms with van der Waals surface area (Å²) in [5.74, 6) is -6.38. The maximum atomic E-state index is 15.0. The van der Waals surface area contributed by atoms with Gasteiger partial charge in [-0.15, -0.1) is 0 Å². The Balaban J connectivity index is 1.34. The van der Waals surface area contributed by atoms with Crippen molar-refractivity contribution in [2.75, 3.05) is 6.61 Å². The second-order valence-electron chi connectivity index (χ2n) is 10.3. The van der Waals surface area contributed by atoms with E-state index in [1.54, 1.807) is 24.3 Å². The molecular weight excluding hydrogens is 508 g/mol. The molecule has 3 aromatic rings. The quantitative estimate of drug-likeness (QED) is 0.111. The molecule has 4 rings (SSSR count). The third-order valence-corrected chi connectivity index (χ3v) is 7.45. The molecule has 0 aliphatic heterocycles. The van der Waals surface area contributed by atoms with Gasteiger partial charge < -0.3 is 9.47 Å². The first-order chi connectivity index (χ1) is 18.8. The SMILES string of the molecule is CCCCCCOc1ccc(OC(=O)C2CCC(c3ccc(-c4ccc(C)cc4)c(F)c3F)CC2)c(F)c1F. The van der Waals surface area contributed by atoms with Crippen molar-refractivity contribution < 1.29 is 31.8 Å². The zero-order valence-corrected chi connectivity index (χ0v) is 22.4. The van der Waals surface area contributed by atoms with Crippen molar-refractivity contribution in [3.8, 4) is 22.6 Å². The zero-order chi connectivity index (χ0) is 27.9. The molecule has 1 aliphatic rings. The second kappa shape index (κ2) is 13.1. The van der Waals surface area contributed by atoms with Crippen LogP contribution in [0.2, 0.25) is 0 Å². The highest BCUT2D eigenvalue weighted by Gasteiger charge is 2.31. The molecule has 1 saturated carbocycles. The first-order valence-corrected chi connectivity index (χ1v) is 13.7. The van der Waals surface area contributed by atoms with Gasteiger partial charge in [0, 0.05) is 5.56 Å². The molecule has 3 aromatic carbocycles. The highest BCUT2D eigenvalue weighted by atomic mass is 19.2. The van der Waals surface area contributed by atoms with Crippen LogP contribution in [0.25, 0.3) is 11.1 Å². The molecule has 0 unspecified atom stereocenters. The lowest BCUT2D eigenvalue weighted by molar-refractivity contribution is -0.140. The van der Waals surface area contributed by atoms with Crippen molar-refractivity contribution in [3.63, 3.8) is 0 Å². The van der Waals surface area contributed by atoms with Gasteiger partial charge in [-0.2, -0.15) is 8.78 Å². The largest absolute Gasteiger partial charge is 0.490 e. The van der Waals surface area contributed by atoms with Crippen LogP contribution in [0.15, 0.2) is 48.5 Å². The van der Waals surface area contributed by atoms with E-state index < -0.39 is 40.9 Å². The molecule has 0 atom stereocenters. The Hall–Kier alpha value is -3.35. The fraction of sp³-hybridized carbons (Fsp3) is 0.406. The average molecular weight is 543 g/mol. The summed E-state index contributed by atoms with van der Waals surface area (Å²) in [7, 11) is 0. The van der Waals surface area contributed by atoms with E-state index in [9.17, 15) is 18.0 Å². The molecule has 0 radical (unpaired) electrons. The van der Waals surface area contributed by atoms with Crippen LogP contribution in [0.1, 0.15) is 75.3 Å². The van der Waals surface area contributed by atoms with Gasteiger partial charge in [0.2, 0.25) is 11.6 Å². The van der Waals surface area contributed by atoms with E-state index in [2.05, 4.69) is 6.92 Å². The first-order valence-electron chi connectivity index (χ1n) is 13.7. The average Bonchev–Trinajstić information content (AvgIpc) is 2.94. The van der Waals surface area contributed by atoms with E-state index in [0.717, 1.165) is 31.2 Å². The van der Waals surface area contributed by atoms with Crippen LogP contribution in [0.5, 0.6) is 11.5 Å². The number of esters is 1. The summed E-state index contributed by atoms with van der Waals surface area (Å²) < 4.78 is 69.5. The van der Waals surface area contributed by atoms with E-state index in [0.29, 0.717) is 31.2 Å². The Morgan fingerprint density at radius 1 is 0.769 bits per heavy atom. The molecule has 0 aromatic heterocycles. The maximum absolute atomic E-state index is 15.0. The maximum Gasteiger partial charge on any atom is 0.314 e. The molecule has 1 aliphatic carbocycles. The van der Waals surface area contributed by atoms with Gasteiger partial charge >= 0.3 is 5.97 Å². The topological polar surface area (TPSA) is 35.5 Å².